The topological polar surface area (TPSA) is 39.1 Å². The third kappa shape index (κ3) is 4.57. The van der Waals surface area contributed by atoms with E-state index in [1.807, 2.05) is 18.3 Å². The maximum absolute atomic E-state index is 9.28. The molecule has 1 heterocycles. The van der Waals surface area contributed by atoms with Gasteiger partial charge in [-0.3, -0.25) is 9.91 Å². The van der Waals surface area contributed by atoms with Crippen LogP contribution >= 0.6 is 0 Å². The van der Waals surface area contributed by atoms with Gasteiger partial charge in [0.05, 0.1) is 6.21 Å². The maximum atomic E-state index is 9.28. The number of piperazine rings is 1. The van der Waals surface area contributed by atoms with Crippen LogP contribution in [0.2, 0.25) is 0 Å². The van der Waals surface area contributed by atoms with Crippen molar-refractivity contribution in [1.82, 2.24) is 9.91 Å². The zero-order valence-corrected chi connectivity index (χ0v) is 13.5. The number of phenolic OH excluding ortho intramolecular Hbond substituents is 1. The highest BCUT2D eigenvalue weighted by atomic mass is 16.3. The van der Waals surface area contributed by atoms with Gasteiger partial charge in [0.1, 0.15) is 5.75 Å². The number of aromatic hydroxyl groups is 1. The van der Waals surface area contributed by atoms with Crippen molar-refractivity contribution in [1.29, 1.82) is 0 Å². The predicted octanol–water partition coefficient (Wildman–Crippen LogP) is 2.85. The molecule has 1 N–H and O–H groups in total. The van der Waals surface area contributed by atoms with E-state index in [0.29, 0.717) is 0 Å². The van der Waals surface area contributed by atoms with Crippen molar-refractivity contribution >= 4 is 6.21 Å². The molecule has 0 saturated carbocycles. The lowest BCUT2D eigenvalue weighted by Crippen LogP contribution is -2.43. The first-order chi connectivity index (χ1) is 11.2. The highest BCUT2D eigenvalue weighted by Gasteiger charge is 2.15. The van der Waals surface area contributed by atoms with E-state index in [1.165, 1.54) is 11.1 Å². The molecule has 0 atom stereocenters. The van der Waals surface area contributed by atoms with E-state index in [4.69, 9.17) is 0 Å². The predicted molar refractivity (Wildman–Crippen MR) is 93.7 cm³/mol. The van der Waals surface area contributed by atoms with Crippen molar-refractivity contribution in [2.24, 2.45) is 5.10 Å². The van der Waals surface area contributed by atoms with Crippen LogP contribution in [-0.4, -0.2) is 47.4 Å². The van der Waals surface area contributed by atoms with E-state index in [9.17, 15) is 5.11 Å². The monoisotopic (exact) mass is 309 g/mol. The Kier molecular flexibility index (Phi) is 4.93. The minimum Gasteiger partial charge on any atom is -0.508 e. The molecular weight excluding hydrogens is 286 g/mol. The molecule has 0 bridgehead atoms. The van der Waals surface area contributed by atoms with Gasteiger partial charge < -0.3 is 5.11 Å². The highest BCUT2D eigenvalue weighted by Crippen LogP contribution is 2.11. The second-order valence-corrected chi connectivity index (χ2v) is 6.05. The molecule has 0 unspecified atom stereocenters. The van der Waals surface area contributed by atoms with Gasteiger partial charge in [0.25, 0.3) is 0 Å². The summed E-state index contributed by atoms with van der Waals surface area (Å²) < 4.78 is 0. The van der Waals surface area contributed by atoms with Crippen molar-refractivity contribution in [3.05, 3.63) is 65.2 Å². The summed E-state index contributed by atoms with van der Waals surface area (Å²) >= 11 is 0. The lowest BCUT2D eigenvalue weighted by Gasteiger charge is -2.33. The van der Waals surface area contributed by atoms with Gasteiger partial charge in [0.15, 0.2) is 0 Å². The fraction of sp³-hybridized carbons (Fsp3) is 0.316. The molecule has 2 aromatic carbocycles. The molecule has 4 nitrogen and oxygen atoms in total. The number of phenols is 1. The standard InChI is InChI=1S/C19H23N3O/c1-16-2-4-18(5-3-16)15-21-10-12-22(13-11-21)20-14-17-6-8-19(23)9-7-17/h2-9,14,23H,10-13,15H2,1H3. The third-order valence-electron chi connectivity index (χ3n) is 4.14. The first kappa shape index (κ1) is 15.6. The van der Waals surface area contributed by atoms with Crippen LogP contribution < -0.4 is 0 Å². The number of nitrogens with zero attached hydrogens (tertiary/aromatic N) is 3. The average Bonchev–Trinajstić information content (AvgIpc) is 2.58. The Morgan fingerprint density at radius 3 is 2.26 bits per heavy atom. The van der Waals surface area contributed by atoms with E-state index in [0.717, 1.165) is 38.3 Å². The zero-order valence-electron chi connectivity index (χ0n) is 13.5. The number of aryl methyl sites for hydroxylation is 1. The lowest BCUT2D eigenvalue weighted by atomic mass is 10.1. The maximum Gasteiger partial charge on any atom is 0.115 e. The summed E-state index contributed by atoms with van der Waals surface area (Å²) in [5.74, 6) is 0.284. The second kappa shape index (κ2) is 7.29. The van der Waals surface area contributed by atoms with Crippen molar-refractivity contribution < 1.29 is 5.11 Å². The molecule has 0 radical (unpaired) electrons. The quantitative estimate of drug-likeness (QED) is 0.883. The van der Waals surface area contributed by atoms with Crippen LogP contribution in [0.5, 0.6) is 5.75 Å². The van der Waals surface area contributed by atoms with Gasteiger partial charge >= 0.3 is 0 Å². The molecule has 1 aliphatic rings. The van der Waals surface area contributed by atoms with Gasteiger partial charge in [-0.25, -0.2) is 0 Å². The summed E-state index contributed by atoms with van der Waals surface area (Å²) in [5, 5.41) is 15.9. The molecule has 0 spiro atoms. The van der Waals surface area contributed by atoms with Crippen molar-refractivity contribution in [2.75, 3.05) is 26.2 Å². The summed E-state index contributed by atoms with van der Waals surface area (Å²) in [5.41, 5.74) is 3.68. The third-order valence-corrected chi connectivity index (χ3v) is 4.14. The SMILES string of the molecule is Cc1ccc(CN2CCN(N=Cc3ccc(O)cc3)CC2)cc1. The molecule has 120 valence electrons. The molecule has 4 heteroatoms. The average molecular weight is 309 g/mol. The summed E-state index contributed by atoms with van der Waals surface area (Å²) in [6.07, 6.45) is 1.86. The van der Waals surface area contributed by atoms with Crippen LogP contribution in [0.3, 0.4) is 0 Å². The van der Waals surface area contributed by atoms with Crippen LogP contribution in [0.15, 0.2) is 53.6 Å². The molecule has 2 aromatic rings. The van der Waals surface area contributed by atoms with Crippen LogP contribution in [0.1, 0.15) is 16.7 Å². The van der Waals surface area contributed by atoms with E-state index < -0.39 is 0 Å². The van der Waals surface area contributed by atoms with Gasteiger partial charge in [-0.1, -0.05) is 29.8 Å². The molecule has 1 saturated heterocycles. The Balaban J connectivity index is 1.48. The molecule has 1 fully saturated rings. The van der Waals surface area contributed by atoms with E-state index >= 15 is 0 Å². The second-order valence-electron chi connectivity index (χ2n) is 6.05. The molecule has 3 rings (SSSR count). The summed E-state index contributed by atoms with van der Waals surface area (Å²) in [6.45, 7) is 7.08. The van der Waals surface area contributed by atoms with Crippen molar-refractivity contribution in [3.63, 3.8) is 0 Å². The number of hydrazone groups is 1. The first-order valence-corrected chi connectivity index (χ1v) is 8.05. The van der Waals surface area contributed by atoms with Gasteiger partial charge in [0, 0.05) is 32.7 Å². The van der Waals surface area contributed by atoms with Gasteiger partial charge in [-0.2, -0.15) is 5.10 Å². The van der Waals surface area contributed by atoms with Gasteiger partial charge in [0.2, 0.25) is 0 Å². The fourth-order valence-corrected chi connectivity index (χ4v) is 2.67. The number of hydrogen-bond donors (Lipinski definition) is 1. The number of rotatable bonds is 4. The molecular formula is C19H23N3O. The summed E-state index contributed by atoms with van der Waals surface area (Å²) in [6, 6.07) is 15.9. The van der Waals surface area contributed by atoms with E-state index in [-0.39, 0.29) is 5.75 Å². The highest BCUT2D eigenvalue weighted by molar-refractivity contribution is 5.79. The normalized spacial score (nSPS) is 16.1. The Morgan fingerprint density at radius 2 is 1.61 bits per heavy atom. The van der Waals surface area contributed by atoms with Crippen molar-refractivity contribution in [2.45, 2.75) is 13.5 Å². The van der Waals surface area contributed by atoms with E-state index in [2.05, 4.69) is 46.2 Å². The molecule has 1 aliphatic heterocycles. The smallest absolute Gasteiger partial charge is 0.115 e. The minimum atomic E-state index is 0.284. The Bertz CT molecular complexity index is 641. The summed E-state index contributed by atoms with van der Waals surface area (Å²) in [7, 11) is 0. The van der Waals surface area contributed by atoms with Crippen LogP contribution in [0, 0.1) is 6.92 Å². The van der Waals surface area contributed by atoms with Crippen LogP contribution in [-0.2, 0) is 6.54 Å². The molecule has 0 aliphatic carbocycles. The van der Waals surface area contributed by atoms with Crippen LogP contribution in [0.25, 0.3) is 0 Å². The fourth-order valence-electron chi connectivity index (χ4n) is 2.67. The van der Waals surface area contributed by atoms with Crippen LogP contribution in [0.4, 0.5) is 0 Å². The zero-order chi connectivity index (χ0) is 16.1. The number of hydrogen-bond acceptors (Lipinski definition) is 4. The first-order valence-electron chi connectivity index (χ1n) is 8.05. The minimum absolute atomic E-state index is 0.284. The van der Waals surface area contributed by atoms with E-state index in [1.54, 1.807) is 12.1 Å². The Labute approximate surface area is 137 Å². The largest absolute Gasteiger partial charge is 0.508 e. The van der Waals surface area contributed by atoms with Gasteiger partial charge in [-0.15, -0.1) is 0 Å². The Morgan fingerprint density at radius 1 is 0.957 bits per heavy atom. The number of benzene rings is 2. The molecule has 0 aromatic heterocycles. The van der Waals surface area contributed by atoms with Crippen molar-refractivity contribution in [3.8, 4) is 5.75 Å². The molecule has 0 amide bonds. The Hall–Kier alpha value is -2.33. The summed E-state index contributed by atoms with van der Waals surface area (Å²) in [4.78, 5) is 2.47. The lowest BCUT2D eigenvalue weighted by molar-refractivity contribution is 0.131. The molecule has 23 heavy (non-hydrogen) atoms. The van der Waals surface area contributed by atoms with Gasteiger partial charge in [-0.05, 0) is 42.3 Å².